The Labute approximate surface area is 152 Å². The van der Waals surface area contributed by atoms with Crippen LogP contribution in [0.3, 0.4) is 0 Å². The Balaban J connectivity index is 2.03. The molecule has 0 aliphatic heterocycles. The zero-order valence-electron chi connectivity index (χ0n) is 12.7. The van der Waals surface area contributed by atoms with E-state index in [9.17, 15) is 9.18 Å². The minimum atomic E-state index is -0.572. The summed E-state index contributed by atoms with van der Waals surface area (Å²) in [6.07, 6.45) is 2.51. The van der Waals surface area contributed by atoms with Crippen molar-refractivity contribution in [2.24, 2.45) is 0 Å². The first-order valence-electron chi connectivity index (χ1n) is 7.07. The molecule has 0 spiro atoms. The highest BCUT2D eigenvalue weighted by Crippen LogP contribution is 2.31. The van der Waals surface area contributed by atoms with Crippen molar-refractivity contribution in [1.82, 2.24) is 9.97 Å². The first-order valence-corrected chi connectivity index (χ1v) is 7.83. The number of benzene rings is 2. The van der Waals surface area contributed by atoms with Gasteiger partial charge in [0.05, 0.1) is 21.2 Å². The van der Waals surface area contributed by atoms with Crippen molar-refractivity contribution in [3.63, 3.8) is 0 Å². The lowest BCUT2D eigenvalue weighted by molar-refractivity contribution is -0.111. The smallest absolute Gasteiger partial charge is 0.247 e. The van der Waals surface area contributed by atoms with Gasteiger partial charge in [-0.3, -0.25) is 4.79 Å². The second-order valence-corrected chi connectivity index (χ2v) is 5.83. The summed E-state index contributed by atoms with van der Waals surface area (Å²) in [5, 5.41) is 6.45. The molecule has 126 valence electrons. The van der Waals surface area contributed by atoms with Gasteiger partial charge in [0.15, 0.2) is 0 Å². The lowest BCUT2D eigenvalue weighted by Gasteiger charge is -2.11. The van der Waals surface area contributed by atoms with Crippen LogP contribution in [0.2, 0.25) is 10.0 Å². The molecule has 8 heteroatoms. The van der Waals surface area contributed by atoms with Crippen LogP contribution < -0.4 is 10.6 Å². The number of aromatic nitrogens is 2. The first-order chi connectivity index (χ1) is 12.0. The second-order valence-electron chi connectivity index (χ2n) is 5.02. The number of anilines is 3. The number of hydrogen-bond acceptors (Lipinski definition) is 4. The number of carbonyl (C=O) groups excluding carboxylic acids is 1. The number of carbonyl (C=O) groups is 1. The van der Waals surface area contributed by atoms with Crippen LogP contribution in [-0.4, -0.2) is 15.9 Å². The van der Waals surface area contributed by atoms with E-state index in [0.717, 1.165) is 12.1 Å². The van der Waals surface area contributed by atoms with Crippen LogP contribution in [0, 0.1) is 5.82 Å². The van der Waals surface area contributed by atoms with Gasteiger partial charge in [-0.1, -0.05) is 29.8 Å². The monoisotopic (exact) mass is 377 g/mol. The van der Waals surface area contributed by atoms with Gasteiger partial charge in [0.25, 0.3) is 0 Å². The van der Waals surface area contributed by atoms with Crippen molar-refractivity contribution < 1.29 is 9.18 Å². The summed E-state index contributed by atoms with van der Waals surface area (Å²) >= 11 is 11.7. The van der Waals surface area contributed by atoms with Crippen LogP contribution >= 0.6 is 23.2 Å². The Hall–Kier alpha value is -2.70. The van der Waals surface area contributed by atoms with Crippen LogP contribution in [0.5, 0.6) is 0 Å². The van der Waals surface area contributed by atoms with Crippen LogP contribution in [0.1, 0.15) is 0 Å². The summed E-state index contributed by atoms with van der Waals surface area (Å²) in [4.78, 5) is 19.7. The van der Waals surface area contributed by atoms with Gasteiger partial charge in [0.2, 0.25) is 5.91 Å². The van der Waals surface area contributed by atoms with Crippen LogP contribution in [0.25, 0.3) is 10.9 Å². The van der Waals surface area contributed by atoms with Gasteiger partial charge in [0, 0.05) is 11.1 Å². The number of fused-ring (bicyclic) bond motifs is 1. The molecule has 2 aromatic carbocycles. The molecule has 0 aliphatic rings. The number of nitrogens with zero attached hydrogens (tertiary/aromatic N) is 2. The van der Waals surface area contributed by atoms with Gasteiger partial charge in [-0.25, -0.2) is 14.4 Å². The predicted molar refractivity (Wildman–Crippen MR) is 98.1 cm³/mol. The molecule has 3 aromatic rings. The molecule has 3 rings (SSSR count). The maximum absolute atomic E-state index is 14.1. The fourth-order valence-electron chi connectivity index (χ4n) is 2.17. The first kappa shape index (κ1) is 17.1. The standard InChI is InChI=1S/C17H11Cl2FN4O/c1-2-16(25)23-9-3-4-14-10(5-9)17(22-8-21-14)24-15-7-12(19)11(18)6-13(15)20/h2-8H,1H2,(H,23,25)(H,21,22,24)/i16+1. The average Bonchev–Trinajstić information content (AvgIpc) is 2.60. The van der Waals surface area contributed by atoms with Crippen LogP contribution in [0.15, 0.2) is 49.3 Å². The Bertz CT molecular complexity index is 994. The van der Waals surface area contributed by atoms with E-state index < -0.39 is 5.82 Å². The maximum atomic E-state index is 14.1. The van der Waals surface area contributed by atoms with Gasteiger partial charge >= 0.3 is 0 Å². The van der Waals surface area contributed by atoms with E-state index in [4.69, 9.17) is 23.2 Å². The van der Waals surface area contributed by atoms with E-state index in [1.165, 1.54) is 12.4 Å². The van der Waals surface area contributed by atoms with E-state index in [2.05, 4.69) is 27.2 Å². The highest BCUT2D eigenvalue weighted by atomic mass is 35.5. The third kappa shape index (κ3) is 3.70. The molecule has 5 nitrogen and oxygen atoms in total. The van der Waals surface area contributed by atoms with Crippen LogP contribution in [0.4, 0.5) is 21.6 Å². The van der Waals surface area contributed by atoms with E-state index in [0.29, 0.717) is 22.4 Å². The predicted octanol–water partition coefficient (Wildman–Crippen LogP) is 4.94. The molecule has 0 fully saturated rings. The molecule has 1 amide bonds. The summed E-state index contributed by atoms with van der Waals surface area (Å²) in [7, 11) is 0. The Morgan fingerprint density at radius 1 is 1.16 bits per heavy atom. The largest absolute Gasteiger partial charge is 0.337 e. The third-order valence-corrected chi connectivity index (χ3v) is 4.07. The van der Waals surface area contributed by atoms with E-state index >= 15 is 0 Å². The Kier molecular flexibility index (Phi) is 4.83. The minimum absolute atomic E-state index is 0.117. The fraction of sp³-hybridized carbons (Fsp3) is 0. The molecule has 1 aromatic heterocycles. The molecule has 0 unspecified atom stereocenters. The number of halogens is 3. The summed E-state index contributed by atoms with van der Waals surface area (Å²) in [5.41, 5.74) is 1.27. The maximum Gasteiger partial charge on any atom is 0.247 e. The Morgan fingerprint density at radius 2 is 1.92 bits per heavy atom. The minimum Gasteiger partial charge on any atom is -0.337 e. The van der Waals surface area contributed by atoms with Gasteiger partial charge in [-0.2, -0.15) is 0 Å². The van der Waals surface area contributed by atoms with Gasteiger partial charge in [-0.15, -0.1) is 0 Å². The number of nitrogens with one attached hydrogen (secondary N) is 2. The van der Waals surface area contributed by atoms with Gasteiger partial charge in [-0.05, 0) is 36.4 Å². The molecular weight excluding hydrogens is 367 g/mol. The van der Waals surface area contributed by atoms with Crippen molar-refractivity contribution in [3.8, 4) is 0 Å². The summed E-state index contributed by atoms with van der Waals surface area (Å²) in [5.74, 6) is -0.560. The van der Waals surface area contributed by atoms with E-state index in [1.807, 2.05) is 0 Å². The molecule has 25 heavy (non-hydrogen) atoms. The summed E-state index contributed by atoms with van der Waals surface area (Å²) < 4.78 is 14.1. The fourth-order valence-corrected chi connectivity index (χ4v) is 2.49. The van der Waals surface area contributed by atoms with Crippen molar-refractivity contribution >= 4 is 57.2 Å². The topological polar surface area (TPSA) is 66.9 Å². The molecule has 1 heterocycles. The summed E-state index contributed by atoms with van der Waals surface area (Å²) in [6.45, 7) is 3.40. The van der Waals surface area contributed by atoms with Gasteiger partial charge < -0.3 is 10.6 Å². The van der Waals surface area contributed by atoms with E-state index in [-0.39, 0.29) is 21.6 Å². The highest BCUT2D eigenvalue weighted by molar-refractivity contribution is 6.42. The molecule has 0 saturated carbocycles. The lowest BCUT2D eigenvalue weighted by Crippen LogP contribution is -2.07. The van der Waals surface area contributed by atoms with Crippen molar-refractivity contribution in [2.45, 2.75) is 0 Å². The quantitative estimate of drug-likeness (QED) is 0.383. The molecule has 0 aliphatic carbocycles. The third-order valence-electron chi connectivity index (χ3n) is 3.35. The van der Waals surface area contributed by atoms with Gasteiger partial charge in [0.1, 0.15) is 18.0 Å². The molecular formula is C17H11Cl2FN4O. The second kappa shape index (κ2) is 7.04. The van der Waals surface area contributed by atoms with Crippen LogP contribution in [-0.2, 0) is 4.79 Å². The zero-order chi connectivity index (χ0) is 18.0. The highest BCUT2D eigenvalue weighted by Gasteiger charge is 2.11. The SMILES string of the molecule is C=C[13C](=O)Nc1ccc2ncnc(Nc3cc(Cl)c(Cl)cc3F)c2c1. The average molecular weight is 378 g/mol. The number of hydrogen-bond donors (Lipinski definition) is 2. The molecule has 0 saturated heterocycles. The number of amides is 1. The normalized spacial score (nSPS) is 10.5. The van der Waals surface area contributed by atoms with Crippen molar-refractivity contribution in [3.05, 3.63) is 65.2 Å². The molecule has 0 atom stereocenters. The zero-order valence-corrected chi connectivity index (χ0v) is 14.2. The molecule has 0 radical (unpaired) electrons. The molecule has 0 bridgehead atoms. The lowest BCUT2D eigenvalue weighted by atomic mass is 10.2. The molecule has 2 N–H and O–H groups in total. The van der Waals surface area contributed by atoms with Crippen molar-refractivity contribution in [1.29, 1.82) is 0 Å². The number of rotatable bonds is 4. The summed E-state index contributed by atoms with van der Waals surface area (Å²) in [6, 6.07) is 7.57. The van der Waals surface area contributed by atoms with E-state index in [1.54, 1.807) is 18.2 Å². The Morgan fingerprint density at radius 3 is 2.68 bits per heavy atom. The van der Waals surface area contributed by atoms with Crippen molar-refractivity contribution in [2.75, 3.05) is 10.6 Å².